The van der Waals surface area contributed by atoms with E-state index >= 15 is 0 Å². The van der Waals surface area contributed by atoms with Crippen molar-refractivity contribution >= 4 is 12.1 Å². The van der Waals surface area contributed by atoms with Crippen LogP contribution in [0, 0.1) is 5.92 Å². The van der Waals surface area contributed by atoms with Gasteiger partial charge in [-0.3, -0.25) is 4.79 Å². The van der Waals surface area contributed by atoms with Crippen molar-refractivity contribution in [3.05, 3.63) is 0 Å². The van der Waals surface area contributed by atoms with Gasteiger partial charge < -0.3 is 15.0 Å². The number of carbonyl (C=O) groups excluding carboxylic acids is 2. The third kappa shape index (κ3) is 3.20. The van der Waals surface area contributed by atoms with Gasteiger partial charge in [0.1, 0.15) is 0 Å². The molecular weight excluding hydrogens is 208 g/mol. The Morgan fingerprint density at radius 3 is 2.81 bits per heavy atom. The van der Waals surface area contributed by atoms with E-state index in [0.29, 0.717) is 25.4 Å². The van der Waals surface area contributed by atoms with Crippen molar-refractivity contribution in [2.45, 2.75) is 32.2 Å². The fourth-order valence-electron chi connectivity index (χ4n) is 1.86. The Labute approximate surface area is 95.1 Å². The minimum absolute atomic E-state index is 0.264. The molecule has 0 aromatic carbocycles. The number of carbonyl (C=O) groups is 2. The van der Waals surface area contributed by atoms with Crippen LogP contribution in [0.5, 0.6) is 0 Å². The topological polar surface area (TPSA) is 58.6 Å². The maximum atomic E-state index is 11.6. The Balaban J connectivity index is 1.75. The highest BCUT2D eigenvalue weighted by molar-refractivity contribution is 5.84. The fraction of sp³-hybridized carbons (Fsp3) is 0.818. The Bertz CT molecular complexity index is 289. The molecule has 1 heterocycles. The van der Waals surface area contributed by atoms with Gasteiger partial charge in [0.2, 0.25) is 0 Å². The zero-order valence-corrected chi connectivity index (χ0v) is 9.57. The quantitative estimate of drug-likeness (QED) is 0.557. The number of amides is 1. The average molecular weight is 226 g/mol. The molecule has 90 valence electrons. The van der Waals surface area contributed by atoms with E-state index in [2.05, 4.69) is 5.32 Å². The van der Waals surface area contributed by atoms with Crippen LogP contribution in [0.1, 0.15) is 26.2 Å². The second kappa shape index (κ2) is 4.82. The summed E-state index contributed by atoms with van der Waals surface area (Å²) in [6.45, 7) is 3.98. The zero-order chi connectivity index (χ0) is 11.5. The van der Waals surface area contributed by atoms with Gasteiger partial charge >= 0.3 is 12.1 Å². The van der Waals surface area contributed by atoms with Crippen LogP contribution in [0.2, 0.25) is 0 Å². The molecule has 1 saturated carbocycles. The molecule has 1 atom stereocenters. The first kappa shape index (κ1) is 11.4. The standard InChI is InChI=1S/C11H18N2O3/c1-8-7-13(5-4-12-8)11(15)16-10(14)6-9-2-3-9/h8-9,12H,2-7H2,1H3. The Hall–Kier alpha value is -1.10. The van der Waals surface area contributed by atoms with Crippen molar-refractivity contribution in [2.75, 3.05) is 19.6 Å². The highest BCUT2D eigenvalue weighted by Gasteiger charge is 2.28. The summed E-state index contributed by atoms with van der Waals surface area (Å²) in [6.07, 6.45) is 2.09. The van der Waals surface area contributed by atoms with Crippen molar-refractivity contribution in [1.29, 1.82) is 0 Å². The van der Waals surface area contributed by atoms with Crippen LogP contribution in [-0.4, -0.2) is 42.6 Å². The van der Waals surface area contributed by atoms with Crippen LogP contribution >= 0.6 is 0 Å². The molecule has 16 heavy (non-hydrogen) atoms. The summed E-state index contributed by atoms with van der Waals surface area (Å²) in [5.74, 6) is 0.0842. The number of rotatable bonds is 2. The number of ether oxygens (including phenoxy) is 1. The molecule has 5 heteroatoms. The molecule has 0 bridgehead atoms. The van der Waals surface area contributed by atoms with Crippen LogP contribution in [-0.2, 0) is 9.53 Å². The monoisotopic (exact) mass is 226 g/mol. The number of nitrogens with zero attached hydrogens (tertiary/aromatic N) is 1. The van der Waals surface area contributed by atoms with Gasteiger partial charge in [0.25, 0.3) is 0 Å². The first-order chi connectivity index (χ1) is 7.65. The summed E-state index contributed by atoms with van der Waals surface area (Å²) in [5.41, 5.74) is 0. The lowest BCUT2D eigenvalue weighted by Gasteiger charge is -2.30. The zero-order valence-electron chi connectivity index (χ0n) is 9.57. The molecule has 0 radical (unpaired) electrons. The summed E-state index contributed by atoms with van der Waals surface area (Å²) in [6, 6.07) is 0.264. The molecular formula is C11H18N2O3. The van der Waals surface area contributed by atoms with E-state index in [0.717, 1.165) is 19.4 Å². The molecule has 0 spiro atoms. The molecule has 1 amide bonds. The summed E-state index contributed by atoms with van der Waals surface area (Å²) in [7, 11) is 0. The van der Waals surface area contributed by atoms with Crippen molar-refractivity contribution in [2.24, 2.45) is 5.92 Å². The fourth-order valence-corrected chi connectivity index (χ4v) is 1.86. The molecule has 2 fully saturated rings. The predicted molar refractivity (Wildman–Crippen MR) is 57.9 cm³/mol. The number of piperazine rings is 1. The van der Waals surface area contributed by atoms with Crippen molar-refractivity contribution in [3.8, 4) is 0 Å². The third-order valence-corrected chi connectivity index (χ3v) is 2.98. The smallest absolute Gasteiger partial charge is 0.376 e. The molecule has 1 aliphatic carbocycles. The lowest BCUT2D eigenvalue weighted by molar-refractivity contribution is -0.138. The van der Waals surface area contributed by atoms with Gasteiger partial charge in [-0.25, -0.2) is 4.79 Å². The van der Waals surface area contributed by atoms with Crippen LogP contribution in [0.15, 0.2) is 0 Å². The van der Waals surface area contributed by atoms with Crippen LogP contribution in [0.25, 0.3) is 0 Å². The van der Waals surface area contributed by atoms with E-state index in [9.17, 15) is 9.59 Å². The summed E-state index contributed by atoms with van der Waals surface area (Å²) in [5, 5.41) is 3.23. The lowest BCUT2D eigenvalue weighted by Crippen LogP contribution is -2.51. The van der Waals surface area contributed by atoms with Gasteiger partial charge in [-0.15, -0.1) is 0 Å². The average Bonchev–Trinajstić information content (AvgIpc) is 3.01. The highest BCUT2D eigenvalue weighted by atomic mass is 16.6. The van der Waals surface area contributed by atoms with Gasteiger partial charge in [-0.1, -0.05) is 0 Å². The Morgan fingerprint density at radius 2 is 2.19 bits per heavy atom. The minimum Gasteiger partial charge on any atom is -0.376 e. The summed E-state index contributed by atoms with van der Waals surface area (Å²) in [4.78, 5) is 24.5. The van der Waals surface area contributed by atoms with Gasteiger partial charge in [-0.05, 0) is 25.7 Å². The van der Waals surface area contributed by atoms with Gasteiger partial charge in [0, 0.05) is 32.1 Å². The molecule has 0 aromatic rings. The van der Waals surface area contributed by atoms with Crippen LogP contribution in [0.3, 0.4) is 0 Å². The maximum Gasteiger partial charge on any atom is 0.417 e. The highest BCUT2D eigenvalue weighted by Crippen LogP contribution is 2.32. The van der Waals surface area contributed by atoms with Gasteiger partial charge in [-0.2, -0.15) is 0 Å². The number of hydrogen-bond donors (Lipinski definition) is 1. The first-order valence-corrected chi connectivity index (χ1v) is 5.88. The van der Waals surface area contributed by atoms with Crippen LogP contribution < -0.4 is 5.32 Å². The van der Waals surface area contributed by atoms with E-state index in [1.165, 1.54) is 0 Å². The van der Waals surface area contributed by atoms with Crippen LogP contribution in [0.4, 0.5) is 4.79 Å². The Kier molecular flexibility index (Phi) is 3.43. The van der Waals surface area contributed by atoms with Crippen molar-refractivity contribution < 1.29 is 14.3 Å². The van der Waals surface area contributed by atoms with Gasteiger partial charge in [0.05, 0.1) is 0 Å². The molecule has 5 nitrogen and oxygen atoms in total. The number of hydrogen-bond acceptors (Lipinski definition) is 4. The van der Waals surface area contributed by atoms with Gasteiger partial charge in [0.15, 0.2) is 0 Å². The molecule has 2 aliphatic rings. The van der Waals surface area contributed by atoms with E-state index in [-0.39, 0.29) is 12.0 Å². The Morgan fingerprint density at radius 1 is 1.44 bits per heavy atom. The van der Waals surface area contributed by atoms with Crippen molar-refractivity contribution in [1.82, 2.24) is 10.2 Å². The molecule has 1 saturated heterocycles. The SMILES string of the molecule is CC1CN(C(=O)OC(=O)CC2CC2)CCN1. The second-order valence-electron chi connectivity index (χ2n) is 4.69. The summed E-state index contributed by atoms with van der Waals surface area (Å²) < 4.78 is 4.81. The largest absolute Gasteiger partial charge is 0.417 e. The molecule has 1 unspecified atom stereocenters. The predicted octanol–water partition coefficient (Wildman–Crippen LogP) is 0.743. The summed E-state index contributed by atoms with van der Waals surface area (Å²) >= 11 is 0. The van der Waals surface area contributed by atoms with E-state index in [1.54, 1.807) is 4.90 Å². The number of nitrogens with one attached hydrogen (secondary N) is 1. The second-order valence-corrected chi connectivity index (χ2v) is 4.69. The lowest BCUT2D eigenvalue weighted by atomic mass is 10.2. The van der Waals surface area contributed by atoms with E-state index in [1.807, 2.05) is 6.92 Å². The third-order valence-electron chi connectivity index (χ3n) is 2.98. The molecule has 0 aromatic heterocycles. The molecule has 1 aliphatic heterocycles. The molecule has 1 N–H and O–H groups in total. The first-order valence-electron chi connectivity index (χ1n) is 5.88. The number of esters is 1. The maximum absolute atomic E-state index is 11.6. The van der Waals surface area contributed by atoms with Crippen molar-refractivity contribution in [3.63, 3.8) is 0 Å². The minimum atomic E-state index is -0.487. The van der Waals surface area contributed by atoms with E-state index in [4.69, 9.17) is 4.74 Å². The molecule has 2 rings (SSSR count). The van der Waals surface area contributed by atoms with E-state index < -0.39 is 6.09 Å². The normalized spacial score (nSPS) is 25.3.